The molecule has 5 heteroatoms. The monoisotopic (exact) mass is 291 g/mol. The number of nitrogens with zero attached hydrogens (tertiary/aromatic N) is 2. The Morgan fingerprint density at radius 3 is 2.57 bits per heavy atom. The third-order valence-corrected chi connectivity index (χ3v) is 4.08. The Morgan fingerprint density at radius 1 is 1.33 bits per heavy atom. The largest absolute Gasteiger partial charge is 0.462 e. The smallest absolute Gasteiger partial charge is 0.339 e. The summed E-state index contributed by atoms with van der Waals surface area (Å²) in [7, 11) is 0. The number of anilines is 1. The number of aromatic nitrogens is 1. The molecule has 0 radical (unpaired) electrons. The third-order valence-electron chi connectivity index (χ3n) is 4.08. The summed E-state index contributed by atoms with van der Waals surface area (Å²) in [6, 6.07) is 4.54. The second-order valence-electron chi connectivity index (χ2n) is 5.48. The van der Waals surface area contributed by atoms with Crippen molar-refractivity contribution in [1.82, 2.24) is 4.98 Å². The Bertz CT molecular complexity index is 453. The summed E-state index contributed by atoms with van der Waals surface area (Å²) >= 11 is 0. The van der Waals surface area contributed by atoms with Gasteiger partial charge in [0.1, 0.15) is 5.82 Å². The average Bonchev–Trinajstić information content (AvgIpc) is 2.51. The molecule has 0 bridgehead atoms. The second-order valence-corrected chi connectivity index (χ2v) is 5.48. The minimum absolute atomic E-state index is 0.316. The van der Waals surface area contributed by atoms with Crippen LogP contribution >= 0.6 is 0 Å². The van der Waals surface area contributed by atoms with Crippen LogP contribution in [0.1, 0.15) is 49.9 Å². The van der Waals surface area contributed by atoms with Crippen LogP contribution in [0.4, 0.5) is 5.82 Å². The van der Waals surface area contributed by atoms with Gasteiger partial charge < -0.3 is 15.4 Å². The minimum atomic E-state index is -0.316. The van der Waals surface area contributed by atoms with Crippen LogP contribution in [0.5, 0.6) is 0 Å². The molecule has 2 rings (SSSR count). The molecule has 0 aliphatic heterocycles. The Balaban J connectivity index is 2.06. The summed E-state index contributed by atoms with van der Waals surface area (Å²) < 4.78 is 4.98. The zero-order chi connectivity index (χ0) is 15.2. The van der Waals surface area contributed by atoms with Gasteiger partial charge in [-0.15, -0.1) is 0 Å². The molecule has 1 aromatic rings. The van der Waals surface area contributed by atoms with Gasteiger partial charge in [-0.1, -0.05) is 0 Å². The summed E-state index contributed by atoms with van der Waals surface area (Å²) in [4.78, 5) is 18.4. The van der Waals surface area contributed by atoms with E-state index in [2.05, 4.69) is 16.8 Å². The van der Waals surface area contributed by atoms with Gasteiger partial charge in [-0.3, -0.25) is 0 Å². The average molecular weight is 291 g/mol. The fourth-order valence-electron chi connectivity index (χ4n) is 2.91. The molecule has 0 aromatic carbocycles. The third kappa shape index (κ3) is 3.94. The van der Waals surface area contributed by atoms with E-state index in [1.807, 2.05) is 6.07 Å². The van der Waals surface area contributed by atoms with Gasteiger partial charge in [0, 0.05) is 24.8 Å². The highest BCUT2D eigenvalue weighted by Crippen LogP contribution is 2.25. The van der Waals surface area contributed by atoms with E-state index in [9.17, 15) is 4.79 Å². The zero-order valence-electron chi connectivity index (χ0n) is 12.9. The molecular weight excluding hydrogens is 266 g/mol. The lowest BCUT2D eigenvalue weighted by Gasteiger charge is -2.36. The lowest BCUT2D eigenvalue weighted by molar-refractivity contribution is 0.0526. The number of esters is 1. The predicted octanol–water partition coefficient (Wildman–Crippen LogP) is 2.35. The van der Waals surface area contributed by atoms with Crippen molar-refractivity contribution < 1.29 is 9.53 Å². The van der Waals surface area contributed by atoms with Crippen LogP contribution in [-0.4, -0.2) is 36.2 Å². The van der Waals surface area contributed by atoms with Crippen molar-refractivity contribution in [3.8, 4) is 0 Å². The normalized spacial score (nSPS) is 21.9. The first-order valence-electron chi connectivity index (χ1n) is 7.81. The molecule has 0 saturated heterocycles. The minimum Gasteiger partial charge on any atom is -0.462 e. The molecule has 0 spiro atoms. The van der Waals surface area contributed by atoms with Gasteiger partial charge in [-0.25, -0.2) is 9.78 Å². The number of hydrogen-bond donors (Lipinski definition) is 1. The lowest BCUT2D eigenvalue weighted by Crippen LogP contribution is -2.41. The van der Waals surface area contributed by atoms with E-state index >= 15 is 0 Å². The van der Waals surface area contributed by atoms with Crippen molar-refractivity contribution >= 4 is 11.8 Å². The second kappa shape index (κ2) is 7.41. The van der Waals surface area contributed by atoms with E-state index in [0.717, 1.165) is 38.0 Å². The summed E-state index contributed by atoms with van der Waals surface area (Å²) in [6.07, 6.45) is 5.96. The van der Waals surface area contributed by atoms with Gasteiger partial charge in [-0.05, 0) is 51.7 Å². The molecule has 1 aromatic heterocycles. The van der Waals surface area contributed by atoms with E-state index in [1.54, 1.807) is 19.2 Å². The number of nitrogens with two attached hydrogens (primary N) is 1. The molecule has 5 nitrogen and oxygen atoms in total. The van der Waals surface area contributed by atoms with Gasteiger partial charge in [0.15, 0.2) is 0 Å². The van der Waals surface area contributed by atoms with Crippen LogP contribution in [0.2, 0.25) is 0 Å². The molecule has 116 valence electrons. The van der Waals surface area contributed by atoms with Crippen LogP contribution in [0.15, 0.2) is 18.3 Å². The van der Waals surface area contributed by atoms with Crippen molar-refractivity contribution in [2.24, 2.45) is 5.73 Å². The Morgan fingerprint density at radius 2 is 2.05 bits per heavy atom. The molecule has 0 atom stereocenters. The number of pyridine rings is 1. The standard InChI is InChI=1S/C16H25N3O2/c1-3-19(14-8-6-13(17)7-9-14)15-10-5-12(11-18-15)16(20)21-4-2/h5,10-11,13-14H,3-4,6-9,17H2,1-2H3. The Labute approximate surface area is 126 Å². The number of carbonyl (C=O) groups excluding carboxylic acids is 1. The van der Waals surface area contributed by atoms with Crippen molar-refractivity contribution in [1.29, 1.82) is 0 Å². The SMILES string of the molecule is CCOC(=O)c1ccc(N(CC)C2CCC(N)CC2)nc1. The number of rotatable bonds is 5. The molecule has 1 saturated carbocycles. The van der Waals surface area contributed by atoms with Crippen molar-refractivity contribution in [3.63, 3.8) is 0 Å². The molecule has 1 aliphatic rings. The van der Waals surface area contributed by atoms with Crippen LogP contribution in [0, 0.1) is 0 Å². The van der Waals surface area contributed by atoms with Crippen LogP contribution in [-0.2, 0) is 4.74 Å². The van der Waals surface area contributed by atoms with Gasteiger partial charge in [-0.2, -0.15) is 0 Å². The number of hydrogen-bond acceptors (Lipinski definition) is 5. The van der Waals surface area contributed by atoms with Gasteiger partial charge in [0.05, 0.1) is 12.2 Å². The fourth-order valence-corrected chi connectivity index (χ4v) is 2.91. The maximum Gasteiger partial charge on any atom is 0.339 e. The van der Waals surface area contributed by atoms with Crippen molar-refractivity contribution in [2.75, 3.05) is 18.1 Å². The Kier molecular flexibility index (Phi) is 5.56. The first-order valence-corrected chi connectivity index (χ1v) is 7.81. The molecule has 1 aliphatic carbocycles. The molecule has 1 fully saturated rings. The van der Waals surface area contributed by atoms with Gasteiger partial charge in [0.25, 0.3) is 0 Å². The highest BCUT2D eigenvalue weighted by atomic mass is 16.5. The summed E-state index contributed by atoms with van der Waals surface area (Å²) in [6.45, 7) is 5.22. The van der Waals surface area contributed by atoms with Crippen LogP contribution in [0.25, 0.3) is 0 Å². The van der Waals surface area contributed by atoms with Crippen molar-refractivity contribution in [3.05, 3.63) is 23.9 Å². The topological polar surface area (TPSA) is 68.5 Å². The predicted molar refractivity (Wildman–Crippen MR) is 83.4 cm³/mol. The number of ether oxygens (including phenoxy) is 1. The molecule has 2 N–H and O–H groups in total. The summed E-state index contributed by atoms with van der Waals surface area (Å²) in [5.74, 6) is 0.606. The van der Waals surface area contributed by atoms with Gasteiger partial charge >= 0.3 is 5.97 Å². The van der Waals surface area contributed by atoms with E-state index in [-0.39, 0.29) is 5.97 Å². The molecule has 1 heterocycles. The first-order chi connectivity index (χ1) is 10.2. The quantitative estimate of drug-likeness (QED) is 0.843. The van der Waals surface area contributed by atoms with Gasteiger partial charge in [0.2, 0.25) is 0 Å². The van der Waals surface area contributed by atoms with Crippen LogP contribution < -0.4 is 10.6 Å². The van der Waals surface area contributed by atoms with Crippen molar-refractivity contribution in [2.45, 2.75) is 51.6 Å². The summed E-state index contributed by atoms with van der Waals surface area (Å²) in [5, 5.41) is 0. The molecule has 21 heavy (non-hydrogen) atoms. The summed E-state index contributed by atoms with van der Waals surface area (Å²) in [5.41, 5.74) is 6.48. The van der Waals surface area contributed by atoms with Crippen LogP contribution in [0.3, 0.4) is 0 Å². The lowest BCUT2D eigenvalue weighted by atomic mass is 9.90. The maximum absolute atomic E-state index is 11.6. The maximum atomic E-state index is 11.6. The fraction of sp³-hybridized carbons (Fsp3) is 0.625. The first kappa shape index (κ1) is 15.8. The van der Waals surface area contributed by atoms with E-state index in [4.69, 9.17) is 10.5 Å². The van der Waals surface area contributed by atoms with E-state index in [1.165, 1.54) is 0 Å². The zero-order valence-corrected chi connectivity index (χ0v) is 12.9. The number of carbonyl (C=O) groups is 1. The highest BCUT2D eigenvalue weighted by Gasteiger charge is 2.24. The highest BCUT2D eigenvalue weighted by molar-refractivity contribution is 5.89. The van der Waals surface area contributed by atoms with E-state index < -0.39 is 0 Å². The van der Waals surface area contributed by atoms with E-state index in [0.29, 0.717) is 24.3 Å². The Hall–Kier alpha value is -1.62. The molecular formula is C16H25N3O2. The molecule has 0 unspecified atom stereocenters. The molecule has 0 amide bonds.